The molecule has 1 saturated heterocycles. The molecule has 10 heteroatoms. The highest BCUT2D eigenvalue weighted by molar-refractivity contribution is 7.88. The van der Waals surface area contributed by atoms with Gasteiger partial charge in [0.05, 0.1) is 12.4 Å². The molecule has 0 spiro atoms. The van der Waals surface area contributed by atoms with Crippen molar-refractivity contribution in [3.63, 3.8) is 0 Å². The Morgan fingerprint density at radius 2 is 2.00 bits per heavy atom. The van der Waals surface area contributed by atoms with Crippen molar-refractivity contribution in [2.45, 2.75) is 25.0 Å². The van der Waals surface area contributed by atoms with E-state index in [1.165, 1.54) is 0 Å². The molecule has 0 unspecified atom stereocenters. The number of carbonyl (C=O) groups excluding carboxylic acids is 1. The van der Waals surface area contributed by atoms with E-state index in [4.69, 9.17) is 5.11 Å². The van der Waals surface area contributed by atoms with Crippen LogP contribution in [0.5, 0.6) is 0 Å². The fourth-order valence-corrected chi connectivity index (χ4v) is 2.43. The zero-order chi connectivity index (χ0) is 15.3. The van der Waals surface area contributed by atoms with E-state index < -0.39 is 34.2 Å². The average molecular weight is 309 g/mol. The van der Waals surface area contributed by atoms with Gasteiger partial charge in [0.2, 0.25) is 10.0 Å². The van der Waals surface area contributed by atoms with Crippen molar-refractivity contribution in [3.8, 4) is 0 Å². The van der Waals surface area contributed by atoms with Crippen LogP contribution in [0.3, 0.4) is 0 Å². The summed E-state index contributed by atoms with van der Waals surface area (Å²) in [6.45, 7) is 0.370. The molecule has 0 aromatic heterocycles. The molecule has 0 aromatic carbocycles. The lowest BCUT2D eigenvalue weighted by atomic mass is 10.2. The van der Waals surface area contributed by atoms with E-state index >= 15 is 0 Å². The predicted molar refractivity (Wildman–Crippen MR) is 69.6 cm³/mol. The van der Waals surface area contributed by atoms with Crippen LogP contribution in [0, 0.1) is 0 Å². The van der Waals surface area contributed by atoms with E-state index in [-0.39, 0.29) is 26.1 Å². The Kier molecular flexibility index (Phi) is 5.72. The molecule has 0 aliphatic carbocycles. The molecule has 0 saturated carbocycles. The summed E-state index contributed by atoms with van der Waals surface area (Å²) in [7, 11) is -3.25. The highest BCUT2D eigenvalue weighted by Gasteiger charge is 2.38. The number of carboxylic acid groups (broad SMARTS) is 1. The van der Waals surface area contributed by atoms with Gasteiger partial charge in [0.15, 0.2) is 0 Å². The second-order valence-corrected chi connectivity index (χ2v) is 6.48. The summed E-state index contributed by atoms with van der Waals surface area (Å²) in [4.78, 5) is 23.8. The van der Waals surface area contributed by atoms with Gasteiger partial charge in [0, 0.05) is 26.1 Å². The average Bonchev–Trinajstić information content (AvgIpc) is 2.69. The summed E-state index contributed by atoms with van der Waals surface area (Å²) in [5, 5.41) is 20.8. The first kappa shape index (κ1) is 16.7. The van der Waals surface area contributed by atoms with Gasteiger partial charge >= 0.3 is 12.0 Å². The number of β-amino-alcohol motifs (C(OH)–C–C–N with tert-alkyl or cyclic N) is 1. The second-order valence-electron chi connectivity index (χ2n) is 4.65. The molecular weight excluding hydrogens is 290 g/mol. The number of aliphatic hydroxyl groups is 1. The SMILES string of the molecule is CS(=O)(=O)NCCCNC(=O)N1C[C@H](O)C[C@@H]1C(=O)O. The van der Waals surface area contributed by atoms with Crippen LogP contribution in [0.15, 0.2) is 0 Å². The molecule has 1 aliphatic rings. The van der Waals surface area contributed by atoms with E-state index in [0.29, 0.717) is 6.42 Å². The molecule has 1 aliphatic heterocycles. The zero-order valence-electron chi connectivity index (χ0n) is 11.1. The van der Waals surface area contributed by atoms with Crippen LogP contribution in [0.1, 0.15) is 12.8 Å². The fraction of sp³-hybridized carbons (Fsp3) is 0.800. The van der Waals surface area contributed by atoms with Gasteiger partial charge in [-0.1, -0.05) is 0 Å². The number of carboxylic acids is 1. The predicted octanol–water partition coefficient (Wildman–Crippen LogP) is -1.84. The van der Waals surface area contributed by atoms with Crippen LogP contribution >= 0.6 is 0 Å². The number of aliphatic carboxylic acids is 1. The summed E-state index contributed by atoms with van der Waals surface area (Å²) in [6, 6.07) is -1.60. The number of urea groups is 1. The standard InChI is InChI=1S/C10H19N3O6S/c1-20(18,19)12-4-2-3-11-10(17)13-6-7(14)5-8(13)9(15)16/h7-8,12,14H,2-6H2,1H3,(H,11,17)(H,15,16)/t7-,8-/m1/s1. The van der Waals surface area contributed by atoms with Gasteiger partial charge in [0.1, 0.15) is 6.04 Å². The number of likely N-dealkylation sites (tertiary alicyclic amines) is 1. The molecule has 116 valence electrons. The van der Waals surface area contributed by atoms with Gasteiger partial charge in [-0.15, -0.1) is 0 Å². The van der Waals surface area contributed by atoms with Gasteiger partial charge in [-0.3, -0.25) is 0 Å². The third-order valence-corrected chi connectivity index (χ3v) is 3.55. The van der Waals surface area contributed by atoms with Crippen molar-refractivity contribution in [1.82, 2.24) is 14.9 Å². The minimum atomic E-state index is -3.25. The normalized spacial score (nSPS) is 22.8. The number of hydrogen-bond acceptors (Lipinski definition) is 5. The maximum Gasteiger partial charge on any atom is 0.326 e. The van der Waals surface area contributed by atoms with E-state index in [1.54, 1.807) is 0 Å². The van der Waals surface area contributed by atoms with Crippen LogP contribution in [0.4, 0.5) is 4.79 Å². The topological polar surface area (TPSA) is 136 Å². The first-order valence-corrected chi connectivity index (χ1v) is 8.00. The fourth-order valence-electron chi connectivity index (χ4n) is 1.92. The molecule has 1 rings (SSSR count). The monoisotopic (exact) mass is 309 g/mol. The summed E-state index contributed by atoms with van der Waals surface area (Å²) in [5.41, 5.74) is 0. The molecule has 4 N–H and O–H groups in total. The maximum atomic E-state index is 11.8. The van der Waals surface area contributed by atoms with Gasteiger partial charge < -0.3 is 20.4 Å². The number of nitrogens with zero attached hydrogens (tertiary/aromatic N) is 1. The van der Waals surface area contributed by atoms with Crippen LogP contribution in [-0.4, -0.2) is 73.6 Å². The van der Waals surface area contributed by atoms with Crippen molar-refractivity contribution in [3.05, 3.63) is 0 Å². The Morgan fingerprint density at radius 3 is 2.55 bits per heavy atom. The molecule has 0 radical (unpaired) electrons. The van der Waals surface area contributed by atoms with Crippen molar-refractivity contribution < 1.29 is 28.2 Å². The molecule has 0 bridgehead atoms. The number of aliphatic hydroxyl groups excluding tert-OH is 1. The number of sulfonamides is 1. The molecule has 1 fully saturated rings. The highest BCUT2D eigenvalue weighted by atomic mass is 32.2. The summed E-state index contributed by atoms with van der Waals surface area (Å²) >= 11 is 0. The summed E-state index contributed by atoms with van der Waals surface area (Å²) in [5.74, 6) is -1.16. The maximum absolute atomic E-state index is 11.8. The molecule has 20 heavy (non-hydrogen) atoms. The van der Waals surface area contributed by atoms with Gasteiger partial charge in [-0.05, 0) is 6.42 Å². The lowest BCUT2D eigenvalue weighted by Gasteiger charge is -2.21. The molecule has 2 amide bonds. The summed E-state index contributed by atoms with van der Waals surface area (Å²) < 4.78 is 23.9. The van der Waals surface area contributed by atoms with Crippen LogP contribution in [0.25, 0.3) is 0 Å². The molecular formula is C10H19N3O6S. The van der Waals surface area contributed by atoms with E-state index in [2.05, 4.69) is 10.0 Å². The van der Waals surface area contributed by atoms with Gasteiger partial charge in [-0.25, -0.2) is 22.7 Å². The number of hydrogen-bond donors (Lipinski definition) is 4. The van der Waals surface area contributed by atoms with Crippen molar-refractivity contribution in [2.75, 3.05) is 25.9 Å². The van der Waals surface area contributed by atoms with E-state index in [1.807, 2.05) is 0 Å². The van der Waals surface area contributed by atoms with Crippen molar-refractivity contribution in [1.29, 1.82) is 0 Å². The third-order valence-electron chi connectivity index (χ3n) is 2.82. The molecule has 9 nitrogen and oxygen atoms in total. The summed E-state index contributed by atoms with van der Waals surface area (Å²) in [6.07, 6.45) is 0.591. The molecule has 0 aromatic rings. The third kappa shape index (κ3) is 5.31. The van der Waals surface area contributed by atoms with E-state index in [0.717, 1.165) is 11.2 Å². The van der Waals surface area contributed by atoms with Crippen LogP contribution < -0.4 is 10.0 Å². The lowest BCUT2D eigenvalue weighted by molar-refractivity contribution is -0.141. The van der Waals surface area contributed by atoms with E-state index in [9.17, 15) is 23.1 Å². The molecule has 2 atom stereocenters. The number of amides is 2. The number of rotatable bonds is 6. The first-order chi connectivity index (χ1) is 9.20. The Hall–Kier alpha value is -1.39. The Bertz CT molecular complexity index is 466. The Labute approximate surface area is 117 Å². The molecule has 1 heterocycles. The lowest BCUT2D eigenvalue weighted by Crippen LogP contribution is -2.46. The van der Waals surface area contributed by atoms with Crippen LogP contribution in [-0.2, 0) is 14.8 Å². The quantitative estimate of drug-likeness (QED) is 0.425. The Balaban J connectivity index is 2.33. The minimum Gasteiger partial charge on any atom is -0.480 e. The van der Waals surface area contributed by atoms with Gasteiger partial charge in [-0.2, -0.15) is 0 Å². The zero-order valence-corrected chi connectivity index (χ0v) is 11.9. The van der Waals surface area contributed by atoms with Gasteiger partial charge in [0.25, 0.3) is 0 Å². The second kappa shape index (κ2) is 6.86. The largest absolute Gasteiger partial charge is 0.480 e. The number of nitrogens with one attached hydrogen (secondary N) is 2. The minimum absolute atomic E-state index is 0.0123. The number of carbonyl (C=O) groups is 2. The van der Waals surface area contributed by atoms with Crippen molar-refractivity contribution >= 4 is 22.0 Å². The smallest absolute Gasteiger partial charge is 0.326 e. The Morgan fingerprint density at radius 1 is 1.35 bits per heavy atom. The first-order valence-electron chi connectivity index (χ1n) is 6.10. The van der Waals surface area contributed by atoms with Crippen molar-refractivity contribution in [2.24, 2.45) is 0 Å². The van der Waals surface area contributed by atoms with Crippen LogP contribution in [0.2, 0.25) is 0 Å². The highest BCUT2D eigenvalue weighted by Crippen LogP contribution is 2.17.